The van der Waals surface area contributed by atoms with Gasteiger partial charge in [-0.15, -0.1) is 23.2 Å². The molecule has 0 spiro atoms. The van der Waals surface area contributed by atoms with E-state index in [0.717, 1.165) is 0 Å². The second-order valence-electron chi connectivity index (χ2n) is 4.90. The molecule has 0 saturated heterocycles. The second kappa shape index (κ2) is 4.66. The maximum atomic E-state index is 12.2. The Balaban J connectivity index is 2.49. The van der Waals surface area contributed by atoms with Gasteiger partial charge in [-0.1, -0.05) is 0 Å². The van der Waals surface area contributed by atoms with E-state index in [1.165, 1.54) is 21.1 Å². The first-order chi connectivity index (χ1) is 9.21. The fourth-order valence-electron chi connectivity index (χ4n) is 3.19. The van der Waals surface area contributed by atoms with E-state index in [9.17, 15) is 14.4 Å². The van der Waals surface area contributed by atoms with Gasteiger partial charge in [0.2, 0.25) is 17.4 Å². The highest BCUT2D eigenvalue weighted by Gasteiger charge is 2.86. The summed E-state index contributed by atoms with van der Waals surface area (Å²) in [5, 5.41) is 0. The van der Waals surface area contributed by atoms with Crippen LogP contribution in [-0.2, 0) is 28.6 Å². The molecule has 6 nitrogen and oxygen atoms in total. The summed E-state index contributed by atoms with van der Waals surface area (Å²) in [6.45, 7) is 1.10. The van der Waals surface area contributed by atoms with Crippen molar-refractivity contribution in [2.45, 2.75) is 28.9 Å². The number of ether oxygens (including phenoxy) is 3. The van der Waals surface area contributed by atoms with Crippen molar-refractivity contribution >= 4 is 40.7 Å². The lowest BCUT2D eigenvalue weighted by atomic mass is 9.86. The Morgan fingerprint density at radius 1 is 1.25 bits per heavy atom. The van der Waals surface area contributed by atoms with Gasteiger partial charge >= 0.3 is 5.97 Å². The lowest BCUT2D eigenvalue weighted by Crippen LogP contribution is -2.57. The monoisotopic (exact) mass is 324 g/mol. The molecule has 0 aromatic carbocycles. The minimum atomic E-state index is -1.80. The normalized spacial score (nSPS) is 38.4. The number of ketones is 2. The molecular formula is C12H14Cl2O6. The Bertz CT molecular complexity index is 488. The molecule has 3 atom stereocenters. The Hall–Kier alpha value is -0.690. The Morgan fingerprint density at radius 2 is 1.80 bits per heavy atom. The highest BCUT2D eigenvalue weighted by molar-refractivity contribution is 6.65. The zero-order valence-electron chi connectivity index (χ0n) is 11.2. The Morgan fingerprint density at radius 3 is 2.20 bits per heavy atom. The van der Waals surface area contributed by atoms with Crippen LogP contribution in [0.5, 0.6) is 0 Å². The van der Waals surface area contributed by atoms with Crippen molar-refractivity contribution in [3.05, 3.63) is 0 Å². The fourth-order valence-corrected chi connectivity index (χ4v) is 4.35. The van der Waals surface area contributed by atoms with Crippen LogP contribution in [0.3, 0.4) is 0 Å². The molecule has 0 heterocycles. The van der Waals surface area contributed by atoms with E-state index >= 15 is 0 Å². The van der Waals surface area contributed by atoms with Crippen molar-refractivity contribution in [2.75, 3.05) is 20.8 Å². The average Bonchev–Trinajstić information content (AvgIpc) is 2.67. The smallest absolute Gasteiger partial charge is 0.302 e. The van der Waals surface area contributed by atoms with Crippen molar-refractivity contribution < 1.29 is 28.6 Å². The van der Waals surface area contributed by atoms with E-state index < -0.39 is 39.0 Å². The third-order valence-electron chi connectivity index (χ3n) is 4.05. The molecule has 2 aliphatic rings. The predicted molar refractivity (Wildman–Crippen MR) is 68.7 cm³/mol. The molecule has 8 heteroatoms. The van der Waals surface area contributed by atoms with E-state index in [-0.39, 0.29) is 13.0 Å². The predicted octanol–water partition coefficient (Wildman–Crippen LogP) is 0.665. The van der Waals surface area contributed by atoms with Gasteiger partial charge in [0, 0.05) is 27.1 Å². The Kier molecular flexibility index (Phi) is 3.66. The van der Waals surface area contributed by atoms with Gasteiger partial charge in [0.1, 0.15) is 0 Å². The summed E-state index contributed by atoms with van der Waals surface area (Å²) in [6, 6.07) is 0. The van der Waals surface area contributed by atoms with Crippen LogP contribution in [0.2, 0.25) is 0 Å². The van der Waals surface area contributed by atoms with Crippen molar-refractivity contribution in [1.82, 2.24) is 0 Å². The van der Waals surface area contributed by atoms with Gasteiger partial charge in [0.05, 0.1) is 6.61 Å². The molecule has 2 saturated carbocycles. The van der Waals surface area contributed by atoms with E-state index in [1.807, 2.05) is 0 Å². The number of esters is 1. The van der Waals surface area contributed by atoms with Crippen LogP contribution in [0.4, 0.5) is 0 Å². The lowest BCUT2D eigenvalue weighted by Gasteiger charge is -2.38. The molecule has 0 N–H and O–H groups in total. The number of carbonyl (C=O) groups excluding carboxylic acids is 3. The standard InChI is InChI=1S/C12H14Cl2O6/c1-6(15)20-5-7-4-10(13)8(16)9(17)11(7,14)12(10,18-2)19-3/h7H,4-5H2,1-3H3/t7-,10-,11+/m0/s1. The second-order valence-corrected chi connectivity index (χ2v) is 6.14. The van der Waals surface area contributed by atoms with Crippen LogP contribution in [-0.4, -0.2) is 53.9 Å². The molecule has 0 unspecified atom stereocenters. The molecule has 0 amide bonds. The molecule has 112 valence electrons. The van der Waals surface area contributed by atoms with Crippen LogP contribution in [0.25, 0.3) is 0 Å². The van der Waals surface area contributed by atoms with Gasteiger partial charge in [0.25, 0.3) is 0 Å². The minimum Gasteiger partial charge on any atom is -0.465 e. The number of rotatable bonds is 4. The first-order valence-corrected chi connectivity index (χ1v) is 6.67. The van der Waals surface area contributed by atoms with Gasteiger partial charge < -0.3 is 14.2 Å². The maximum absolute atomic E-state index is 12.2. The summed E-state index contributed by atoms with van der Waals surface area (Å²) in [6.07, 6.45) is 0.0254. The largest absolute Gasteiger partial charge is 0.465 e. The van der Waals surface area contributed by atoms with Gasteiger partial charge in [-0.2, -0.15) is 0 Å². The van der Waals surface area contributed by atoms with Crippen molar-refractivity contribution in [3.8, 4) is 0 Å². The highest BCUT2D eigenvalue weighted by atomic mass is 35.5. The number of halogens is 2. The molecule has 2 aliphatic carbocycles. The molecule has 0 aromatic heterocycles. The van der Waals surface area contributed by atoms with Gasteiger partial charge in [-0.3, -0.25) is 14.4 Å². The number of methoxy groups -OCH3 is 2. The van der Waals surface area contributed by atoms with Crippen LogP contribution in [0.1, 0.15) is 13.3 Å². The molecule has 2 bridgehead atoms. The number of fused-ring (bicyclic) bond motifs is 2. The van der Waals surface area contributed by atoms with Crippen molar-refractivity contribution in [3.63, 3.8) is 0 Å². The summed E-state index contributed by atoms with van der Waals surface area (Å²) >= 11 is 12.7. The summed E-state index contributed by atoms with van der Waals surface area (Å²) in [4.78, 5) is 31.7. The van der Waals surface area contributed by atoms with Crippen LogP contribution in [0.15, 0.2) is 0 Å². The van der Waals surface area contributed by atoms with E-state index in [2.05, 4.69) is 0 Å². The first kappa shape index (κ1) is 15.7. The topological polar surface area (TPSA) is 78.9 Å². The van der Waals surface area contributed by atoms with Gasteiger partial charge in [-0.05, 0) is 6.42 Å². The van der Waals surface area contributed by atoms with Crippen LogP contribution in [0, 0.1) is 5.92 Å². The van der Waals surface area contributed by atoms with E-state index in [4.69, 9.17) is 37.4 Å². The van der Waals surface area contributed by atoms with Crippen molar-refractivity contribution in [2.24, 2.45) is 5.92 Å². The SMILES string of the molecule is COC1(OC)[C@]2(Cl)C[C@@H](COC(C)=O)[C@@]1(Cl)C(=O)C2=O. The first-order valence-electron chi connectivity index (χ1n) is 5.92. The number of carbonyl (C=O) groups is 3. The summed E-state index contributed by atoms with van der Waals surface area (Å²) in [7, 11) is 2.52. The zero-order chi connectivity index (χ0) is 15.3. The summed E-state index contributed by atoms with van der Waals surface area (Å²) in [5.74, 6) is -4.67. The lowest BCUT2D eigenvalue weighted by molar-refractivity contribution is -0.221. The Labute approximate surface area is 125 Å². The maximum Gasteiger partial charge on any atom is 0.302 e. The highest BCUT2D eigenvalue weighted by Crippen LogP contribution is 2.64. The minimum absolute atomic E-state index is 0.0254. The number of hydrogen-bond acceptors (Lipinski definition) is 6. The molecule has 0 aromatic rings. The molecule has 20 heavy (non-hydrogen) atoms. The van der Waals surface area contributed by atoms with Crippen LogP contribution < -0.4 is 0 Å². The molecule has 0 radical (unpaired) electrons. The fraction of sp³-hybridized carbons (Fsp3) is 0.750. The number of Topliss-reactive ketones (excluding diaryl/α,β-unsaturated/α-hetero) is 2. The molecular weight excluding hydrogens is 311 g/mol. The third-order valence-corrected chi connectivity index (χ3v) is 5.35. The molecule has 2 fully saturated rings. The van der Waals surface area contributed by atoms with E-state index in [0.29, 0.717) is 0 Å². The average molecular weight is 325 g/mol. The summed E-state index contributed by atoms with van der Waals surface area (Å²) < 4.78 is 15.4. The van der Waals surface area contributed by atoms with E-state index in [1.54, 1.807) is 0 Å². The zero-order valence-corrected chi connectivity index (χ0v) is 12.7. The molecule has 0 aliphatic heterocycles. The van der Waals surface area contributed by atoms with Gasteiger partial charge in [0.15, 0.2) is 9.75 Å². The number of hydrogen-bond donors (Lipinski definition) is 0. The third kappa shape index (κ3) is 1.51. The summed E-state index contributed by atoms with van der Waals surface area (Å²) in [5.41, 5.74) is 0. The molecule has 2 rings (SSSR count). The quantitative estimate of drug-likeness (QED) is 0.327. The van der Waals surface area contributed by atoms with Gasteiger partial charge in [-0.25, -0.2) is 0 Å². The number of alkyl halides is 2. The van der Waals surface area contributed by atoms with Crippen molar-refractivity contribution in [1.29, 1.82) is 0 Å². The van der Waals surface area contributed by atoms with Crippen LogP contribution >= 0.6 is 23.2 Å².